The van der Waals surface area contributed by atoms with Crippen molar-refractivity contribution in [2.45, 2.75) is 47.3 Å². The summed E-state index contributed by atoms with van der Waals surface area (Å²) in [7, 11) is -7.31. The lowest BCUT2D eigenvalue weighted by Crippen LogP contribution is -2.52. The molecule has 2 aromatic carbocycles. The van der Waals surface area contributed by atoms with Gasteiger partial charge in [-0.1, -0.05) is 6.07 Å². The van der Waals surface area contributed by atoms with Gasteiger partial charge in [0.2, 0.25) is 15.9 Å². The van der Waals surface area contributed by atoms with Crippen LogP contribution in [0.1, 0.15) is 35.2 Å². The normalized spacial score (nSPS) is 20.1. The number of sulfone groups is 1. The highest BCUT2D eigenvalue weighted by molar-refractivity contribution is 7.98. The Balaban J connectivity index is 1.70. The Morgan fingerprint density at radius 2 is 1.70 bits per heavy atom. The number of thioether (sulfide) groups is 1. The lowest BCUT2D eigenvalue weighted by atomic mass is 9.83. The molecule has 3 atom stereocenters. The first-order chi connectivity index (χ1) is 18.6. The molecule has 15 heteroatoms. The number of carbonyl (C=O) groups excluding carboxylic acids is 2. The molecule has 40 heavy (non-hydrogen) atoms. The molecule has 3 unspecified atom stereocenters. The zero-order chi connectivity index (χ0) is 29.7. The Morgan fingerprint density at radius 3 is 2.30 bits per heavy atom. The van der Waals surface area contributed by atoms with Crippen molar-refractivity contribution in [3.05, 3.63) is 59.7 Å². The molecule has 0 heterocycles. The molecule has 2 amide bonds. The minimum absolute atomic E-state index is 0.117. The first-order valence-corrected chi connectivity index (χ1v) is 16.9. The van der Waals surface area contributed by atoms with Crippen molar-refractivity contribution in [1.29, 1.82) is 0 Å². The van der Waals surface area contributed by atoms with Gasteiger partial charge in [0.25, 0.3) is 5.91 Å². The van der Waals surface area contributed by atoms with Crippen LogP contribution in [-0.4, -0.2) is 65.5 Å². The summed E-state index contributed by atoms with van der Waals surface area (Å²) in [6, 6.07) is 8.86. The second-order valence-corrected chi connectivity index (χ2v) is 14.2. The topological polar surface area (TPSA) is 139 Å². The summed E-state index contributed by atoms with van der Waals surface area (Å²) in [5.41, 5.74) is -1.29. The summed E-state index contributed by atoms with van der Waals surface area (Å²) < 4.78 is 91.2. The first kappa shape index (κ1) is 31.9. The summed E-state index contributed by atoms with van der Waals surface area (Å²) in [5, 5.41) is 4.95. The number of alkyl halides is 3. The van der Waals surface area contributed by atoms with Crippen LogP contribution in [0.3, 0.4) is 0 Å². The van der Waals surface area contributed by atoms with Gasteiger partial charge in [-0.25, -0.2) is 21.6 Å². The number of sulfonamides is 1. The van der Waals surface area contributed by atoms with Gasteiger partial charge in [-0.2, -0.15) is 13.2 Å². The zero-order valence-electron chi connectivity index (χ0n) is 21.7. The molecule has 3 rings (SSSR count). The van der Waals surface area contributed by atoms with Crippen molar-refractivity contribution in [2.75, 3.05) is 24.8 Å². The molecule has 1 saturated carbocycles. The standard InChI is InChI=1S/C25H30F3N3O6S3/c1-38-20-8-10-21(11-9-20)40(36,37)15-17-6-7-19(31-39(2,34)35)13-22(17)30-23(32)14-29-24(33)16-4-3-5-18(12-16)25(26,27)28/h3-5,8-12,17,19,22,31H,6-7,13-15H2,1-2H3,(H,29,33)(H,30,32). The van der Waals surface area contributed by atoms with E-state index in [4.69, 9.17) is 0 Å². The van der Waals surface area contributed by atoms with E-state index in [0.29, 0.717) is 18.9 Å². The highest BCUT2D eigenvalue weighted by Gasteiger charge is 2.36. The maximum absolute atomic E-state index is 13.1. The molecular formula is C25H30F3N3O6S3. The van der Waals surface area contributed by atoms with Crippen LogP contribution in [0.15, 0.2) is 58.3 Å². The molecule has 1 aliphatic carbocycles. The van der Waals surface area contributed by atoms with E-state index < -0.39 is 68.0 Å². The Labute approximate surface area is 235 Å². The van der Waals surface area contributed by atoms with Crippen molar-refractivity contribution < 1.29 is 39.6 Å². The molecule has 1 aliphatic rings. The van der Waals surface area contributed by atoms with Gasteiger partial charge in [0.15, 0.2) is 9.84 Å². The highest BCUT2D eigenvalue weighted by atomic mass is 32.2. The summed E-state index contributed by atoms with van der Waals surface area (Å²) in [6.45, 7) is -0.578. The number of hydrogen-bond donors (Lipinski definition) is 3. The van der Waals surface area contributed by atoms with Crippen LogP contribution < -0.4 is 15.4 Å². The molecule has 1 fully saturated rings. The van der Waals surface area contributed by atoms with Gasteiger partial charge in [-0.15, -0.1) is 11.8 Å². The Morgan fingerprint density at radius 1 is 1.02 bits per heavy atom. The average Bonchev–Trinajstić information content (AvgIpc) is 2.87. The van der Waals surface area contributed by atoms with Crippen LogP contribution in [0.5, 0.6) is 0 Å². The Bertz CT molecular complexity index is 1430. The average molecular weight is 622 g/mol. The predicted octanol–water partition coefficient (Wildman–Crippen LogP) is 2.83. The van der Waals surface area contributed by atoms with Crippen LogP contribution in [-0.2, 0) is 30.8 Å². The number of nitrogens with one attached hydrogen (secondary N) is 3. The van der Waals surface area contributed by atoms with E-state index in [9.17, 15) is 39.6 Å². The number of benzene rings is 2. The second kappa shape index (κ2) is 12.9. The van der Waals surface area contributed by atoms with Crippen LogP contribution in [0.2, 0.25) is 0 Å². The minimum Gasteiger partial charge on any atom is -0.351 e. The number of carbonyl (C=O) groups is 2. The molecule has 0 radical (unpaired) electrons. The second-order valence-electron chi connectivity index (χ2n) is 9.55. The van der Waals surface area contributed by atoms with E-state index in [0.717, 1.165) is 23.3 Å². The molecule has 0 bridgehead atoms. The van der Waals surface area contributed by atoms with Gasteiger partial charge in [0.1, 0.15) is 0 Å². The van der Waals surface area contributed by atoms with E-state index in [2.05, 4.69) is 15.4 Å². The molecular weight excluding hydrogens is 591 g/mol. The lowest BCUT2D eigenvalue weighted by molar-refractivity contribution is -0.137. The van der Waals surface area contributed by atoms with Crippen LogP contribution in [0.25, 0.3) is 0 Å². The minimum atomic E-state index is -4.64. The van der Waals surface area contributed by atoms with E-state index in [1.807, 2.05) is 6.26 Å². The molecule has 0 saturated heterocycles. The van der Waals surface area contributed by atoms with Crippen molar-refractivity contribution in [1.82, 2.24) is 15.4 Å². The molecule has 3 N–H and O–H groups in total. The SMILES string of the molecule is CSc1ccc(S(=O)(=O)CC2CCC(NS(C)(=O)=O)CC2NC(=O)CNC(=O)c2cccc(C(F)(F)F)c2)cc1. The van der Waals surface area contributed by atoms with Crippen LogP contribution in [0.4, 0.5) is 13.2 Å². The summed E-state index contributed by atoms with van der Waals surface area (Å²) >= 11 is 1.46. The van der Waals surface area contributed by atoms with Crippen molar-refractivity contribution in [2.24, 2.45) is 5.92 Å². The fourth-order valence-corrected chi connectivity index (χ4v) is 7.47. The quantitative estimate of drug-likeness (QED) is 0.347. The summed E-state index contributed by atoms with van der Waals surface area (Å²) in [6.07, 6.45) is -1.00. The monoisotopic (exact) mass is 621 g/mol. The third kappa shape index (κ3) is 9.21. The molecule has 0 aliphatic heterocycles. The van der Waals surface area contributed by atoms with Gasteiger partial charge in [-0.05, 0) is 73.9 Å². The van der Waals surface area contributed by atoms with E-state index in [1.54, 1.807) is 12.1 Å². The maximum Gasteiger partial charge on any atom is 0.416 e. The molecule has 2 aromatic rings. The largest absolute Gasteiger partial charge is 0.416 e. The predicted molar refractivity (Wildman–Crippen MR) is 145 cm³/mol. The van der Waals surface area contributed by atoms with Gasteiger partial charge < -0.3 is 10.6 Å². The van der Waals surface area contributed by atoms with E-state index in [1.165, 1.54) is 30.0 Å². The third-order valence-corrected chi connectivity index (χ3v) is 9.80. The smallest absolute Gasteiger partial charge is 0.351 e. The van der Waals surface area contributed by atoms with Crippen LogP contribution in [0, 0.1) is 5.92 Å². The fraction of sp³-hybridized carbons (Fsp3) is 0.440. The third-order valence-electron chi connectivity index (χ3n) is 6.43. The lowest BCUT2D eigenvalue weighted by Gasteiger charge is -2.36. The number of rotatable bonds is 10. The molecule has 0 spiro atoms. The fourth-order valence-electron chi connectivity index (χ4n) is 4.54. The number of halogens is 3. The van der Waals surface area contributed by atoms with Crippen LogP contribution >= 0.6 is 11.8 Å². The summed E-state index contributed by atoms with van der Waals surface area (Å²) in [5.74, 6) is -2.43. The highest BCUT2D eigenvalue weighted by Crippen LogP contribution is 2.30. The van der Waals surface area contributed by atoms with Gasteiger partial charge >= 0.3 is 6.18 Å². The van der Waals surface area contributed by atoms with Crippen molar-refractivity contribution in [3.63, 3.8) is 0 Å². The van der Waals surface area contributed by atoms with Gasteiger partial charge in [-0.3, -0.25) is 9.59 Å². The van der Waals surface area contributed by atoms with Gasteiger partial charge in [0, 0.05) is 22.5 Å². The summed E-state index contributed by atoms with van der Waals surface area (Å²) in [4.78, 5) is 26.1. The zero-order valence-corrected chi connectivity index (χ0v) is 24.1. The van der Waals surface area contributed by atoms with Gasteiger partial charge in [0.05, 0.1) is 29.0 Å². The maximum atomic E-state index is 13.1. The first-order valence-electron chi connectivity index (χ1n) is 12.2. The number of hydrogen-bond acceptors (Lipinski definition) is 7. The van der Waals surface area contributed by atoms with E-state index in [-0.39, 0.29) is 22.6 Å². The van der Waals surface area contributed by atoms with Crippen molar-refractivity contribution in [3.8, 4) is 0 Å². The van der Waals surface area contributed by atoms with E-state index >= 15 is 0 Å². The number of amides is 2. The Kier molecular flexibility index (Phi) is 10.3. The molecule has 0 aromatic heterocycles. The van der Waals surface area contributed by atoms with Crippen molar-refractivity contribution >= 4 is 43.4 Å². The molecule has 9 nitrogen and oxygen atoms in total. The Hall–Kier alpha value is -2.62. The molecule has 220 valence electrons.